The first kappa shape index (κ1) is 18.4. The summed E-state index contributed by atoms with van der Waals surface area (Å²) in [5.74, 6) is 0. The van der Waals surface area contributed by atoms with E-state index in [2.05, 4.69) is 73.4 Å². The Morgan fingerprint density at radius 3 is 2.31 bits per heavy atom. The Kier molecular flexibility index (Phi) is 4.45. The van der Waals surface area contributed by atoms with Crippen molar-refractivity contribution in [2.75, 3.05) is 0 Å². The van der Waals surface area contributed by atoms with Gasteiger partial charge in [-0.2, -0.15) is 0 Å². The summed E-state index contributed by atoms with van der Waals surface area (Å²) < 4.78 is 17.4. The third-order valence-electron chi connectivity index (χ3n) is 6.26. The van der Waals surface area contributed by atoms with E-state index in [-0.39, 0.29) is 0 Å². The summed E-state index contributed by atoms with van der Waals surface area (Å²) in [6.45, 7) is 10.2. The molecule has 1 heterocycles. The Morgan fingerprint density at radius 1 is 0.844 bits per heavy atom. The highest BCUT2D eigenvalue weighted by Crippen LogP contribution is 2.43. The third kappa shape index (κ3) is 3.77. The van der Waals surface area contributed by atoms with Crippen molar-refractivity contribution in [3.8, 4) is 33.5 Å². The molecule has 3 aromatic carbocycles. The molecule has 32 heavy (non-hydrogen) atoms. The van der Waals surface area contributed by atoms with E-state index < -0.39 is 11.8 Å². The van der Waals surface area contributed by atoms with E-state index in [1.54, 1.807) is 6.20 Å². The Bertz CT molecular complexity index is 1390. The average molecular weight is 420 g/mol. The van der Waals surface area contributed by atoms with Crippen LogP contribution in [0.3, 0.4) is 0 Å². The molecule has 1 nitrogen and oxygen atoms in total. The molecule has 0 bridgehead atoms. The number of pyridine rings is 1. The molecule has 1 aliphatic rings. The lowest BCUT2D eigenvalue weighted by molar-refractivity contribution is 0.411. The zero-order valence-electron chi connectivity index (χ0n) is 21.6. The Labute approximate surface area is 195 Å². The second-order valence-electron chi connectivity index (χ2n) is 9.95. The molecule has 0 amide bonds. The van der Waals surface area contributed by atoms with E-state index in [1.807, 2.05) is 32.9 Å². The summed E-state index contributed by atoms with van der Waals surface area (Å²) in [5, 5.41) is 0. The lowest BCUT2D eigenvalue weighted by Crippen LogP contribution is -2.09. The molecule has 0 radical (unpaired) electrons. The summed E-state index contributed by atoms with van der Waals surface area (Å²) in [6.07, 6.45) is 1.15. The minimum absolute atomic E-state index is 0.509. The van der Waals surface area contributed by atoms with E-state index in [0.29, 0.717) is 5.56 Å². The van der Waals surface area contributed by atoms with Crippen LogP contribution >= 0.6 is 0 Å². The van der Waals surface area contributed by atoms with Crippen LogP contribution in [0.15, 0.2) is 72.9 Å². The summed E-state index contributed by atoms with van der Waals surface area (Å²) >= 11 is 0. The van der Waals surface area contributed by atoms with Crippen molar-refractivity contribution in [2.24, 2.45) is 5.41 Å². The number of benzene rings is 3. The highest BCUT2D eigenvalue weighted by atomic mass is 14.7. The van der Waals surface area contributed by atoms with Gasteiger partial charge in [0.2, 0.25) is 0 Å². The minimum atomic E-state index is -1.45. The highest BCUT2D eigenvalue weighted by molar-refractivity contribution is 5.86. The normalized spacial score (nSPS) is 13.9. The number of rotatable bonds is 3. The van der Waals surface area contributed by atoms with Gasteiger partial charge in [0.05, 0.1) is 5.69 Å². The topological polar surface area (TPSA) is 12.9 Å². The van der Waals surface area contributed by atoms with Crippen LogP contribution in [0.1, 0.15) is 51.3 Å². The fourth-order valence-corrected chi connectivity index (χ4v) is 4.98. The van der Waals surface area contributed by atoms with Crippen molar-refractivity contribution in [3.05, 3.63) is 101 Å². The summed E-state index contributed by atoms with van der Waals surface area (Å²) in [6, 6.07) is 23.5. The van der Waals surface area contributed by atoms with Crippen LogP contribution < -0.4 is 0 Å². The van der Waals surface area contributed by atoms with E-state index in [1.165, 1.54) is 44.5 Å². The molecular formula is C31H31N. The lowest BCUT2D eigenvalue weighted by atomic mass is 9.88. The molecule has 5 rings (SSSR count). The van der Waals surface area contributed by atoms with Gasteiger partial charge in [-0.15, -0.1) is 0 Å². The summed E-state index contributed by atoms with van der Waals surface area (Å²) in [7, 11) is 0. The summed E-state index contributed by atoms with van der Waals surface area (Å²) in [4.78, 5) is 4.67. The quantitative estimate of drug-likeness (QED) is 0.287. The molecule has 0 aliphatic heterocycles. The first-order valence-corrected chi connectivity index (χ1v) is 11.4. The monoisotopic (exact) mass is 419 g/mol. The van der Waals surface area contributed by atoms with Crippen molar-refractivity contribution in [1.29, 1.82) is 0 Å². The molecule has 0 fully saturated rings. The predicted molar refractivity (Wildman–Crippen MR) is 136 cm³/mol. The second kappa shape index (κ2) is 7.74. The van der Waals surface area contributed by atoms with E-state index in [4.69, 9.17) is 2.74 Å². The third-order valence-corrected chi connectivity index (χ3v) is 6.26. The first-order chi connectivity index (χ1) is 16.1. The molecule has 4 aromatic rings. The van der Waals surface area contributed by atoms with Gasteiger partial charge in [0.15, 0.2) is 0 Å². The maximum Gasteiger partial charge on any atom is 0.0707 e. The Hall–Kier alpha value is -3.19. The zero-order chi connectivity index (χ0) is 24.3. The average Bonchev–Trinajstić information content (AvgIpc) is 3.16. The number of nitrogens with zero attached hydrogens (tertiary/aromatic N) is 1. The maximum absolute atomic E-state index is 8.72. The number of fused-ring (bicyclic) bond motifs is 3. The van der Waals surface area contributed by atoms with Crippen molar-refractivity contribution >= 4 is 0 Å². The van der Waals surface area contributed by atoms with Gasteiger partial charge < -0.3 is 0 Å². The molecule has 0 saturated heterocycles. The number of hydrogen-bond acceptors (Lipinski definition) is 1. The summed E-state index contributed by atoms with van der Waals surface area (Å²) in [5.41, 5.74) is 12.4. The molecular weight excluding hydrogens is 386 g/mol. The zero-order valence-corrected chi connectivity index (χ0v) is 19.6. The number of hydrogen-bond donors (Lipinski definition) is 0. The van der Waals surface area contributed by atoms with Crippen LogP contribution in [-0.4, -0.2) is 4.98 Å². The van der Waals surface area contributed by atoms with Gasteiger partial charge >= 0.3 is 0 Å². The van der Waals surface area contributed by atoms with Gasteiger partial charge in [0.1, 0.15) is 0 Å². The van der Waals surface area contributed by atoms with Crippen LogP contribution in [0.5, 0.6) is 0 Å². The molecule has 1 aromatic heterocycles. The predicted octanol–water partition coefficient (Wildman–Crippen LogP) is 8.19. The van der Waals surface area contributed by atoms with Crippen LogP contribution in [0.4, 0.5) is 0 Å². The molecule has 1 heteroatoms. The fourth-order valence-electron chi connectivity index (χ4n) is 4.98. The van der Waals surface area contributed by atoms with E-state index in [9.17, 15) is 0 Å². The molecule has 0 unspecified atom stereocenters. The molecule has 1 aliphatic carbocycles. The number of aromatic nitrogens is 1. The molecule has 160 valence electrons. The van der Waals surface area contributed by atoms with Crippen molar-refractivity contribution in [1.82, 2.24) is 4.98 Å². The molecule has 0 spiro atoms. The molecule has 0 N–H and O–H groups in total. The van der Waals surface area contributed by atoms with E-state index >= 15 is 0 Å². The van der Waals surface area contributed by atoms with Gasteiger partial charge in [-0.3, -0.25) is 4.98 Å². The van der Waals surface area contributed by atoms with Crippen LogP contribution in [-0.2, 0) is 12.8 Å². The number of aryl methyl sites for hydroxylation is 2. The van der Waals surface area contributed by atoms with Crippen LogP contribution in [0.25, 0.3) is 33.5 Å². The molecule has 0 saturated carbocycles. The Balaban J connectivity index is 1.58. The van der Waals surface area contributed by atoms with Crippen LogP contribution in [0.2, 0.25) is 0 Å². The fraction of sp³-hybridized carbons (Fsp3) is 0.258. The lowest BCUT2D eigenvalue weighted by Gasteiger charge is -2.18. The SMILES string of the molecule is [2H]C([2H])(c1ccnc(-c2cccc3c2Cc2cc(-c4c(C)cccc4C)ccc2-3)c1)C(C)(C)C. The van der Waals surface area contributed by atoms with Gasteiger partial charge in [-0.1, -0.05) is 75.4 Å². The first-order valence-electron chi connectivity index (χ1n) is 12.4. The standard InChI is InChI=1S/C31H31N/c1-20-8-6-9-21(2)30(20)23-12-13-25-24(17-23)18-28-26(25)10-7-11-27(28)29-16-22(14-15-32-29)19-31(3,4)5/h6-17H,18-19H2,1-5H3/i19D2. The van der Waals surface area contributed by atoms with Gasteiger partial charge in [0, 0.05) is 14.5 Å². The minimum Gasteiger partial charge on any atom is -0.256 e. The second-order valence-corrected chi connectivity index (χ2v) is 9.95. The van der Waals surface area contributed by atoms with Gasteiger partial charge in [0.25, 0.3) is 0 Å². The van der Waals surface area contributed by atoms with Crippen molar-refractivity contribution in [2.45, 2.75) is 47.4 Å². The smallest absolute Gasteiger partial charge is 0.0707 e. The highest BCUT2D eigenvalue weighted by Gasteiger charge is 2.23. The molecule has 0 atom stereocenters. The van der Waals surface area contributed by atoms with E-state index in [0.717, 1.165) is 17.7 Å². The largest absolute Gasteiger partial charge is 0.256 e. The van der Waals surface area contributed by atoms with Gasteiger partial charge in [-0.05, 0) is 94.3 Å². The van der Waals surface area contributed by atoms with Crippen LogP contribution in [0, 0.1) is 19.3 Å². The van der Waals surface area contributed by atoms with Gasteiger partial charge in [-0.25, -0.2) is 0 Å². The maximum atomic E-state index is 8.72. The van der Waals surface area contributed by atoms with Crippen molar-refractivity contribution in [3.63, 3.8) is 0 Å². The van der Waals surface area contributed by atoms with Crippen molar-refractivity contribution < 1.29 is 2.74 Å². The Morgan fingerprint density at radius 2 is 1.56 bits per heavy atom.